The molecule has 2 aromatic rings. The maximum absolute atomic E-state index is 12.2. The van der Waals surface area contributed by atoms with Crippen LogP contribution in [-0.2, 0) is 22.7 Å². The summed E-state index contributed by atoms with van der Waals surface area (Å²) in [6.45, 7) is 4.49. The lowest BCUT2D eigenvalue weighted by molar-refractivity contribution is -0.146. The lowest BCUT2D eigenvalue weighted by Crippen LogP contribution is -2.42. The van der Waals surface area contributed by atoms with E-state index in [9.17, 15) is 4.79 Å². The Balaban J connectivity index is 1.40. The maximum Gasteiger partial charge on any atom is 0.320 e. The second-order valence-corrected chi connectivity index (χ2v) is 7.81. The SMILES string of the molecule is O=C(CN1CCCN(C(=S)NCc2ccccc2Cl)CC1)OCc1ccccc1. The Morgan fingerprint density at radius 1 is 1.03 bits per heavy atom. The van der Waals surface area contributed by atoms with Crippen LogP contribution in [0.4, 0.5) is 0 Å². The van der Waals surface area contributed by atoms with Gasteiger partial charge in [-0.3, -0.25) is 9.69 Å². The van der Waals surface area contributed by atoms with Gasteiger partial charge in [-0.15, -0.1) is 0 Å². The Labute approximate surface area is 182 Å². The Hall–Kier alpha value is -2.15. The average Bonchev–Trinajstić information content (AvgIpc) is 2.98. The number of carbonyl (C=O) groups is 1. The van der Waals surface area contributed by atoms with E-state index in [0.29, 0.717) is 19.7 Å². The van der Waals surface area contributed by atoms with Crippen LogP contribution in [0.1, 0.15) is 17.5 Å². The van der Waals surface area contributed by atoms with Gasteiger partial charge in [-0.05, 0) is 35.8 Å². The standard InChI is InChI=1S/C22H26ClN3O2S/c23-20-10-5-4-9-19(20)15-24-22(29)26-12-6-11-25(13-14-26)16-21(27)28-17-18-7-2-1-3-8-18/h1-5,7-10H,6,11-17H2,(H,24,29). The van der Waals surface area contributed by atoms with E-state index in [1.54, 1.807) is 0 Å². The highest BCUT2D eigenvalue weighted by molar-refractivity contribution is 7.80. The lowest BCUT2D eigenvalue weighted by Gasteiger charge is -2.24. The second-order valence-electron chi connectivity index (χ2n) is 7.01. The molecule has 0 spiro atoms. The molecular weight excluding hydrogens is 406 g/mol. The smallest absolute Gasteiger partial charge is 0.320 e. The number of benzene rings is 2. The summed E-state index contributed by atoms with van der Waals surface area (Å²) in [5.74, 6) is -0.193. The number of esters is 1. The number of hydrogen-bond acceptors (Lipinski definition) is 4. The topological polar surface area (TPSA) is 44.8 Å². The molecular formula is C22H26ClN3O2S. The maximum atomic E-state index is 12.2. The Morgan fingerprint density at radius 2 is 1.79 bits per heavy atom. The zero-order valence-electron chi connectivity index (χ0n) is 16.4. The highest BCUT2D eigenvalue weighted by Crippen LogP contribution is 2.14. The number of hydrogen-bond donors (Lipinski definition) is 1. The van der Waals surface area contributed by atoms with Gasteiger partial charge < -0.3 is 15.0 Å². The van der Waals surface area contributed by atoms with Crippen LogP contribution in [0.5, 0.6) is 0 Å². The lowest BCUT2D eigenvalue weighted by atomic mass is 10.2. The third-order valence-corrected chi connectivity index (χ3v) is 5.63. The Kier molecular flexibility index (Phi) is 8.28. The highest BCUT2D eigenvalue weighted by atomic mass is 35.5. The van der Waals surface area contributed by atoms with Gasteiger partial charge in [0.05, 0.1) is 6.54 Å². The summed E-state index contributed by atoms with van der Waals surface area (Å²) in [6, 6.07) is 17.5. The van der Waals surface area contributed by atoms with Crippen LogP contribution in [0.15, 0.2) is 54.6 Å². The van der Waals surface area contributed by atoms with Gasteiger partial charge in [0.1, 0.15) is 6.61 Å². The van der Waals surface area contributed by atoms with Crippen molar-refractivity contribution in [3.63, 3.8) is 0 Å². The molecule has 0 aromatic heterocycles. The van der Waals surface area contributed by atoms with E-state index in [0.717, 1.165) is 53.9 Å². The van der Waals surface area contributed by atoms with Crippen molar-refractivity contribution in [3.05, 3.63) is 70.7 Å². The molecule has 0 amide bonds. The van der Waals surface area contributed by atoms with Crippen molar-refractivity contribution in [2.24, 2.45) is 0 Å². The number of carbonyl (C=O) groups excluding carboxylic acids is 1. The van der Waals surface area contributed by atoms with E-state index in [1.807, 2.05) is 54.6 Å². The monoisotopic (exact) mass is 431 g/mol. The summed E-state index contributed by atoms with van der Waals surface area (Å²) in [4.78, 5) is 16.5. The molecule has 2 aromatic carbocycles. The van der Waals surface area contributed by atoms with E-state index in [2.05, 4.69) is 15.1 Å². The minimum Gasteiger partial charge on any atom is -0.460 e. The number of thiocarbonyl (C=S) groups is 1. The first-order chi connectivity index (χ1) is 14.1. The van der Waals surface area contributed by atoms with E-state index in [-0.39, 0.29) is 5.97 Å². The van der Waals surface area contributed by atoms with Crippen molar-refractivity contribution in [1.82, 2.24) is 15.1 Å². The number of halogens is 1. The van der Waals surface area contributed by atoms with Gasteiger partial charge in [0.15, 0.2) is 5.11 Å². The summed E-state index contributed by atoms with van der Waals surface area (Å²) in [7, 11) is 0. The summed E-state index contributed by atoms with van der Waals surface area (Å²) in [6.07, 6.45) is 0.944. The third kappa shape index (κ3) is 6.99. The van der Waals surface area contributed by atoms with Gasteiger partial charge in [-0.2, -0.15) is 0 Å². The van der Waals surface area contributed by atoms with Gasteiger partial charge in [0.2, 0.25) is 0 Å². The fourth-order valence-corrected chi connectivity index (χ4v) is 3.68. The fraction of sp³-hybridized carbons (Fsp3) is 0.364. The van der Waals surface area contributed by atoms with Crippen molar-refractivity contribution >= 4 is 34.9 Å². The molecule has 1 saturated heterocycles. The molecule has 0 radical (unpaired) electrons. The van der Waals surface area contributed by atoms with Crippen LogP contribution >= 0.6 is 23.8 Å². The number of nitrogens with one attached hydrogen (secondary N) is 1. The number of ether oxygens (including phenoxy) is 1. The molecule has 0 saturated carbocycles. The molecule has 1 heterocycles. The van der Waals surface area contributed by atoms with Crippen LogP contribution in [-0.4, -0.2) is 53.6 Å². The first-order valence-electron chi connectivity index (χ1n) is 9.80. The van der Waals surface area contributed by atoms with Crippen molar-refractivity contribution in [1.29, 1.82) is 0 Å². The summed E-state index contributed by atoms with van der Waals surface area (Å²) in [5.41, 5.74) is 2.02. The molecule has 1 aliphatic heterocycles. The molecule has 1 aliphatic rings. The molecule has 0 aliphatic carbocycles. The molecule has 0 bridgehead atoms. The molecule has 1 N–H and O–H groups in total. The van der Waals surface area contributed by atoms with E-state index < -0.39 is 0 Å². The summed E-state index contributed by atoms with van der Waals surface area (Å²) >= 11 is 11.8. The van der Waals surface area contributed by atoms with Crippen molar-refractivity contribution in [2.45, 2.75) is 19.6 Å². The van der Waals surface area contributed by atoms with E-state index in [1.165, 1.54) is 0 Å². The second kappa shape index (κ2) is 11.1. The van der Waals surface area contributed by atoms with Gasteiger partial charge in [0.25, 0.3) is 0 Å². The molecule has 0 unspecified atom stereocenters. The van der Waals surface area contributed by atoms with Crippen LogP contribution < -0.4 is 5.32 Å². The van der Waals surface area contributed by atoms with Crippen LogP contribution in [0, 0.1) is 0 Å². The van der Waals surface area contributed by atoms with Crippen LogP contribution in [0.2, 0.25) is 5.02 Å². The first kappa shape index (κ1) is 21.6. The zero-order chi connectivity index (χ0) is 20.5. The minimum atomic E-state index is -0.193. The van der Waals surface area contributed by atoms with Crippen molar-refractivity contribution in [2.75, 3.05) is 32.7 Å². The largest absolute Gasteiger partial charge is 0.460 e. The Bertz CT molecular complexity index is 819. The Morgan fingerprint density at radius 3 is 2.59 bits per heavy atom. The quantitative estimate of drug-likeness (QED) is 0.558. The fourth-order valence-electron chi connectivity index (χ4n) is 3.22. The molecule has 154 valence electrons. The van der Waals surface area contributed by atoms with Crippen LogP contribution in [0.25, 0.3) is 0 Å². The number of nitrogens with zero attached hydrogens (tertiary/aromatic N) is 2. The average molecular weight is 432 g/mol. The van der Waals surface area contributed by atoms with Gasteiger partial charge in [-0.1, -0.05) is 60.1 Å². The molecule has 5 nitrogen and oxygen atoms in total. The summed E-state index contributed by atoms with van der Waals surface area (Å²) in [5, 5.41) is 4.75. The molecule has 0 atom stereocenters. The van der Waals surface area contributed by atoms with E-state index in [4.69, 9.17) is 28.6 Å². The van der Waals surface area contributed by atoms with Crippen molar-refractivity contribution in [3.8, 4) is 0 Å². The van der Waals surface area contributed by atoms with Gasteiger partial charge >= 0.3 is 5.97 Å². The molecule has 7 heteroatoms. The number of rotatable bonds is 6. The van der Waals surface area contributed by atoms with E-state index >= 15 is 0 Å². The third-order valence-electron chi connectivity index (χ3n) is 4.86. The molecule has 3 rings (SSSR count). The highest BCUT2D eigenvalue weighted by Gasteiger charge is 2.19. The normalized spacial score (nSPS) is 14.9. The molecule has 1 fully saturated rings. The predicted octanol–water partition coefficient (Wildman–Crippen LogP) is 3.47. The first-order valence-corrected chi connectivity index (χ1v) is 10.6. The molecule has 29 heavy (non-hydrogen) atoms. The van der Waals surface area contributed by atoms with Crippen molar-refractivity contribution < 1.29 is 9.53 Å². The summed E-state index contributed by atoms with van der Waals surface area (Å²) < 4.78 is 5.40. The van der Waals surface area contributed by atoms with Crippen LogP contribution in [0.3, 0.4) is 0 Å². The van der Waals surface area contributed by atoms with Gasteiger partial charge in [-0.25, -0.2) is 0 Å². The minimum absolute atomic E-state index is 0.193. The van der Waals surface area contributed by atoms with Gasteiger partial charge in [0, 0.05) is 37.7 Å². The predicted molar refractivity (Wildman–Crippen MR) is 120 cm³/mol. The zero-order valence-corrected chi connectivity index (χ0v) is 17.9.